The van der Waals surface area contributed by atoms with E-state index in [9.17, 15) is 0 Å². The normalized spacial score (nSPS) is 12.7. The van der Waals surface area contributed by atoms with Gasteiger partial charge in [-0.25, -0.2) is 4.98 Å². The van der Waals surface area contributed by atoms with Crippen molar-refractivity contribution in [1.29, 1.82) is 0 Å². The summed E-state index contributed by atoms with van der Waals surface area (Å²) in [6.07, 6.45) is 7.48. The van der Waals surface area contributed by atoms with Gasteiger partial charge in [-0.05, 0) is 24.3 Å². The van der Waals surface area contributed by atoms with Gasteiger partial charge in [0.15, 0.2) is 0 Å². The first-order valence-electron chi connectivity index (χ1n) is 7.12. The summed E-state index contributed by atoms with van der Waals surface area (Å²) < 4.78 is 2.24. The molecule has 4 heteroatoms. The maximum Gasteiger partial charge on any atom is 0.122 e. The van der Waals surface area contributed by atoms with Gasteiger partial charge in [0, 0.05) is 29.9 Å². The smallest absolute Gasteiger partial charge is 0.122 e. The van der Waals surface area contributed by atoms with Crippen LogP contribution in [0.15, 0.2) is 29.9 Å². The quantitative estimate of drug-likeness (QED) is 0.791. The minimum absolute atomic E-state index is 0.455. The molecule has 1 N–H and O–H groups in total. The number of thiophene rings is 1. The van der Waals surface area contributed by atoms with E-state index in [-0.39, 0.29) is 0 Å². The van der Waals surface area contributed by atoms with Crippen LogP contribution in [0.25, 0.3) is 0 Å². The first-order valence-corrected chi connectivity index (χ1v) is 7.99. The van der Waals surface area contributed by atoms with Crippen LogP contribution in [0, 0.1) is 0 Å². The van der Waals surface area contributed by atoms with Crippen LogP contribution in [-0.4, -0.2) is 9.55 Å². The Balaban J connectivity index is 1.96. The maximum atomic E-state index is 4.45. The van der Waals surface area contributed by atoms with Crippen molar-refractivity contribution in [2.75, 3.05) is 0 Å². The highest BCUT2D eigenvalue weighted by Gasteiger charge is 2.12. The van der Waals surface area contributed by atoms with Crippen molar-refractivity contribution in [3.8, 4) is 0 Å². The lowest BCUT2D eigenvalue weighted by Gasteiger charge is -2.17. The summed E-state index contributed by atoms with van der Waals surface area (Å²) in [6.45, 7) is 6.33. The molecular weight excluding hydrogens is 254 g/mol. The molecule has 0 saturated carbocycles. The lowest BCUT2D eigenvalue weighted by molar-refractivity contribution is 0.479. The average molecular weight is 277 g/mol. The monoisotopic (exact) mass is 277 g/mol. The van der Waals surface area contributed by atoms with E-state index in [2.05, 4.69) is 52.4 Å². The standard InChI is InChI=1S/C15H23N3S/c1-3-6-13(14-7-5-11-19-14)17-12-15-16-8-10-18(15)9-4-2/h5,7-8,10-11,13,17H,3-4,6,9,12H2,1-2H3. The number of rotatable bonds is 8. The molecule has 19 heavy (non-hydrogen) atoms. The van der Waals surface area contributed by atoms with E-state index >= 15 is 0 Å². The van der Waals surface area contributed by atoms with Gasteiger partial charge in [-0.15, -0.1) is 11.3 Å². The number of imidazole rings is 1. The van der Waals surface area contributed by atoms with Crippen molar-refractivity contribution < 1.29 is 0 Å². The molecule has 3 nitrogen and oxygen atoms in total. The fourth-order valence-electron chi connectivity index (χ4n) is 2.29. The van der Waals surface area contributed by atoms with Crippen LogP contribution in [0.3, 0.4) is 0 Å². The zero-order valence-electron chi connectivity index (χ0n) is 11.8. The Morgan fingerprint density at radius 3 is 2.95 bits per heavy atom. The maximum absolute atomic E-state index is 4.45. The van der Waals surface area contributed by atoms with Gasteiger partial charge in [-0.3, -0.25) is 0 Å². The predicted octanol–water partition coefficient (Wildman–Crippen LogP) is 3.99. The molecule has 2 aromatic rings. The molecule has 0 aromatic carbocycles. The first-order chi connectivity index (χ1) is 9.35. The largest absolute Gasteiger partial charge is 0.334 e. The summed E-state index contributed by atoms with van der Waals surface area (Å²) in [6, 6.07) is 4.80. The topological polar surface area (TPSA) is 29.9 Å². The molecule has 0 radical (unpaired) electrons. The second kappa shape index (κ2) is 7.46. The van der Waals surface area contributed by atoms with E-state index in [1.54, 1.807) is 0 Å². The Kier molecular flexibility index (Phi) is 5.61. The van der Waals surface area contributed by atoms with Crippen LogP contribution < -0.4 is 5.32 Å². The van der Waals surface area contributed by atoms with Gasteiger partial charge >= 0.3 is 0 Å². The molecule has 0 bridgehead atoms. The van der Waals surface area contributed by atoms with Crippen LogP contribution in [0.4, 0.5) is 0 Å². The molecule has 2 heterocycles. The van der Waals surface area contributed by atoms with Crippen molar-refractivity contribution in [3.63, 3.8) is 0 Å². The molecule has 1 unspecified atom stereocenters. The minimum Gasteiger partial charge on any atom is -0.334 e. The number of aromatic nitrogens is 2. The molecule has 2 rings (SSSR count). The van der Waals surface area contributed by atoms with Crippen molar-refractivity contribution in [1.82, 2.24) is 14.9 Å². The molecule has 0 aliphatic carbocycles. The highest BCUT2D eigenvalue weighted by atomic mass is 32.1. The zero-order chi connectivity index (χ0) is 13.5. The average Bonchev–Trinajstić information content (AvgIpc) is 3.06. The Hall–Kier alpha value is -1.13. The van der Waals surface area contributed by atoms with Crippen LogP contribution in [-0.2, 0) is 13.1 Å². The van der Waals surface area contributed by atoms with Crippen molar-refractivity contribution in [3.05, 3.63) is 40.6 Å². The minimum atomic E-state index is 0.455. The Morgan fingerprint density at radius 1 is 1.37 bits per heavy atom. The molecule has 104 valence electrons. The van der Waals surface area contributed by atoms with Crippen LogP contribution in [0.5, 0.6) is 0 Å². The van der Waals surface area contributed by atoms with Gasteiger partial charge in [-0.1, -0.05) is 26.3 Å². The van der Waals surface area contributed by atoms with Crippen LogP contribution in [0.1, 0.15) is 49.9 Å². The first kappa shape index (κ1) is 14.3. The van der Waals surface area contributed by atoms with Crippen LogP contribution in [0.2, 0.25) is 0 Å². The number of hydrogen-bond acceptors (Lipinski definition) is 3. The molecule has 0 aliphatic rings. The molecule has 0 amide bonds. The molecule has 0 aliphatic heterocycles. The Morgan fingerprint density at radius 2 is 2.26 bits per heavy atom. The fourth-order valence-corrected chi connectivity index (χ4v) is 3.13. The zero-order valence-corrected chi connectivity index (χ0v) is 12.6. The molecular formula is C15H23N3S. The fraction of sp³-hybridized carbons (Fsp3) is 0.533. The molecule has 1 atom stereocenters. The Bertz CT molecular complexity index is 461. The third-order valence-electron chi connectivity index (χ3n) is 3.24. The van der Waals surface area contributed by atoms with Crippen molar-refractivity contribution in [2.24, 2.45) is 0 Å². The van der Waals surface area contributed by atoms with Crippen molar-refractivity contribution >= 4 is 11.3 Å². The lowest BCUT2D eigenvalue weighted by atomic mass is 10.1. The Labute approximate surface area is 119 Å². The van der Waals surface area contributed by atoms with Gasteiger partial charge in [0.05, 0.1) is 6.54 Å². The second-order valence-corrected chi connectivity index (χ2v) is 5.75. The van der Waals surface area contributed by atoms with Gasteiger partial charge in [0.2, 0.25) is 0 Å². The summed E-state index contributed by atoms with van der Waals surface area (Å²) >= 11 is 1.83. The van der Waals surface area contributed by atoms with E-state index in [1.165, 1.54) is 17.7 Å². The van der Waals surface area contributed by atoms with Gasteiger partial charge < -0.3 is 9.88 Å². The lowest BCUT2D eigenvalue weighted by Crippen LogP contribution is -2.22. The van der Waals surface area contributed by atoms with Gasteiger partial charge in [-0.2, -0.15) is 0 Å². The second-order valence-electron chi connectivity index (χ2n) is 4.77. The van der Waals surface area contributed by atoms with Crippen molar-refractivity contribution in [2.45, 2.75) is 52.2 Å². The van der Waals surface area contributed by atoms with Crippen LogP contribution >= 0.6 is 11.3 Å². The summed E-state index contributed by atoms with van der Waals surface area (Å²) in [5.74, 6) is 1.14. The summed E-state index contributed by atoms with van der Waals surface area (Å²) in [5.41, 5.74) is 0. The highest BCUT2D eigenvalue weighted by molar-refractivity contribution is 7.10. The van der Waals surface area contributed by atoms with Gasteiger partial charge in [0.25, 0.3) is 0 Å². The number of hydrogen-bond donors (Lipinski definition) is 1. The van der Waals surface area contributed by atoms with Gasteiger partial charge in [0.1, 0.15) is 5.82 Å². The molecule has 2 aromatic heterocycles. The van der Waals surface area contributed by atoms with E-state index in [0.29, 0.717) is 6.04 Å². The molecule has 0 spiro atoms. The third kappa shape index (κ3) is 3.91. The molecule has 0 fully saturated rings. The van der Waals surface area contributed by atoms with E-state index < -0.39 is 0 Å². The van der Waals surface area contributed by atoms with E-state index in [4.69, 9.17) is 0 Å². The number of nitrogens with zero attached hydrogens (tertiary/aromatic N) is 2. The van der Waals surface area contributed by atoms with E-state index in [0.717, 1.165) is 25.3 Å². The third-order valence-corrected chi connectivity index (χ3v) is 4.22. The summed E-state index contributed by atoms with van der Waals surface area (Å²) in [5, 5.41) is 5.80. The SMILES string of the molecule is CCCC(NCc1nccn1CCC)c1cccs1. The molecule has 0 saturated heterocycles. The predicted molar refractivity (Wildman–Crippen MR) is 81.3 cm³/mol. The number of nitrogens with one attached hydrogen (secondary N) is 1. The summed E-state index contributed by atoms with van der Waals surface area (Å²) in [7, 11) is 0. The van der Waals surface area contributed by atoms with E-state index in [1.807, 2.05) is 17.5 Å². The summed E-state index contributed by atoms with van der Waals surface area (Å²) in [4.78, 5) is 5.88. The highest BCUT2D eigenvalue weighted by Crippen LogP contribution is 2.23. The number of aryl methyl sites for hydroxylation is 1.